The maximum absolute atomic E-state index is 5.18. The number of nitrogens with zero attached hydrogens (tertiary/aromatic N) is 4. The van der Waals surface area contributed by atoms with Crippen LogP contribution in [0.2, 0.25) is 0 Å². The lowest BCUT2D eigenvalue weighted by Crippen LogP contribution is -2.08. The fraction of sp³-hybridized carbons (Fsp3) is 0.222. The van der Waals surface area contributed by atoms with Crippen LogP contribution < -0.4 is 4.74 Å². The molecule has 1 aromatic heterocycles. The minimum atomic E-state index is 0.799. The Labute approximate surface area is 90.4 Å². The van der Waals surface area contributed by atoms with E-state index in [4.69, 9.17) is 4.74 Å². The molecular formula is C9H8N4OS. The van der Waals surface area contributed by atoms with E-state index in [0.717, 1.165) is 27.9 Å². The number of methoxy groups -OCH3 is 1. The number of tetrazole rings is 1. The molecule has 0 amide bonds. The third kappa shape index (κ3) is 1.29. The molecule has 0 atom stereocenters. The van der Waals surface area contributed by atoms with Crippen LogP contribution in [0.1, 0.15) is 5.82 Å². The summed E-state index contributed by atoms with van der Waals surface area (Å²) in [5.74, 6) is 2.54. The maximum atomic E-state index is 5.18. The van der Waals surface area contributed by atoms with Gasteiger partial charge in [-0.2, -0.15) is 4.68 Å². The zero-order chi connectivity index (χ0) is 10.3. The van der Waals surface area contributed by atoms with Gasteiger partial charge in [0, 0.05) is 4.90 Å². The molecule has 0 spiro atoms. The van der Waals surface area contributed by atoms with E-state index in [1.807, 2.05) is 18.2 Å². The number of benzene rings is 1. The molecule has 1 aliphatic rings. The van der Waals surface area contributed by atoms with Crippen LogP contribution in [0, 0.1) is 0 Å². The van der Waals surface area contributed by atoms with Gasteiger partial charge in [0.1, 0.15) is 5.75 Å². The molecule has 0 saturated carbocycles. The highest BCUT2D eigenvalue weighted by Gasteiger charge is 2.18. The second-order valence-electron chi connectivity index (χ2n) is 3.13. The summed E-state index contributed by atoms with van der Waals surface area (Å²) in [6.45, 7) is 0. The van der Waals surface area contributed by atoms with E-state index >= 15 is 0 Å². The highest BCUT2D eigenvalue weighted by atomic mass is 32.2. The van der Waals surface area contributed by atoms with Gasteiger partial charge in [-0.1, -0.05) is 0 Å². The molecule has 76 valence electrons. The molecule has 0 radical (unpaired) electrons. The Morgan fingerprint density at radius 1 is 1.47 bits per heavy atom. The van der Waals surface area contributed by atoms with Crippen molar-refractivity contribution in [2.75, 3.05) is 7.11 Å². The number of hydrogen-bond acceptors (Lipinski definition) is 5. The Kier molecular flexibility index (Phi) is 1.88. The zero-order valence-corrected chi connectivity index (χ0v) is 8.86. The molecule has 1 aromatic carbocycles. The number of hydrogen-bond donors (Lipinski definition) is 0. The van der Waals surface area contributed by atoms with Crippen molar-refractivity contribution in [2.45, 2.75) is 10.6 Å². The lowest BCUT2D eigenvalue weighted by atomic mass is 10.3. The first kappa shape index (κ1) is 8.72. The van der Waals surface area contributed by atoms with Crippen molar-refractivity contribution in [3.8, 4) is 11.4 Å². The number of rotatable bonds is 1. The Bertz CT molecular complexity index is 511. The number of ether oxygens (including phenoxy) is 1. The fourth-order valence-corrected chi connectivity index (χ4v) is 2.50. The Hall–Kier alpha value is -1.56. The first-order valence-corrected chi connectivity index (χ1v) is 5.45. The third-order valence-electron chi connectivity index (χ3n) is 2.29. The molecule has 1 aliphatic heterocycles. The molecule has 0 N–H and O–H groups in total. The quantitative estimate of drug-likeness (QED) is 0.724. The van der Waals surface area contributed by atoms with E-state index in [1.165, 1.54) is 0 Å². The van der Waals surface area contributed by atoms with Gasteiger partial charge >= 0.3 is 0 Å². The summed E-state index contributed by atoms with van der Waals surface area (Å²) in [5, 5.41) is 11.6. The maximum Gasteiger partial charge on any atom is 0.166 e. The second-order valence-corrected chi connectivity index (χ2v) is 4.15. The first-order chi connectivity index (χ1) is 7.38. The first-order valence-electron chi connectivity index (χ1n) is 4.47. The molecule has 3 rings (SSSR count). The second kappa shape index (κ2) is 3.23. The normalized spacial score (nSPS) is 13.1. The average Bonchev–Trinajstić information content (AvgIpc) is 2.76. The number of thioether (sulfide) groups is 1. The molecule has 2 heterocycles. The SMILES string of the molecule is COc1ccc2c(c1)SCc1nnnn1-2. The molecule has 6 heteroatoms. The standard InChI is InChI=1S/C9H8N4OS/c1-14-6-2-3-7-8(4-6)15-5-9-10-11-12-13(7)9/h2-4H,5H2,1H3. The molecule has 0 fully saturated rings. The minimum absolute atomic E-state index is 0.799. The van der Waals surface area contributed by atoms with Crippen LogP contribution in [0.15, 0.2) is 23.1 Å². The van der Waals surface area contributed by atoms with E-state index in [-0.39, 0.29) is 0 Å². The summed E-state index contributed by atoms with van der Waals surface area (Å²) in [7, 11) is 1.66. The summed E-state index contributed by atoms with van der Waals surface area (Å²) in [4.78, 5) is 1.15. The van der Waals surface area contributed by atoms with Gasteiger partial charge in [0.25, 0.3) is 0 Å². The van der Waals surface area contributed by atoms with E-state index in [0.29, 0.717) is 0 Å². The Balaban J connectivity index is 2.18. The predicted molar refractivity (Wildman–Crippen MR) is 55.3 cm³/mol. The molecule has 0 aliphatic carbocycles. The van der Waals surface area contributed by atoms with Crippen molar-refractivity contribution < 1.29 is 4.74 Å². The topological polar surface area (TPSA) is 52.8 Å². The summed E-state index contributed by atoms with van der Waals surface area (Å²) in [5.41, 5.74) is 1.02. The van der Waals surface area contributed by atoms with Crippen molar-refractivity contribution in [1.82, 2.24) is 20.2 Å². The summed E-state index contributed by atoms with van der Waals surface area (Å²) in [6.07, 6.45) is 0. The molecule has 5 nitrogen and oxygen atoms in total. The van der Waals surface area contributed by atoms with Crippen molar-refractivity contribution in [3.05, 3.63) is 24.0 Å². The van der Waals surface area contributed by atoms with Crippen LogP contribution in [0.3, 0.4) is 0 Å². The number of aromatic nitrogens is 4. The van der Waals surface area contributed by atoms with Crippen LogP contribution >= 0.6 is 11.8 Å². The molecular weight excluding hydrogens is 212 g/mol. The van der Waals surface area contributed by atoms with E-state index < -0.39 is 0 Å². The van der Waals surface area contributed by atoms with E-state index in [9.17, 15) is 0 Å². The van der Waals surface area contributed by atoms with Gasteiger partial charge in [-0.25, -0.2) is 0 Å². The van der Waals surface area contributed by atoms with Crippen LogP contribution in [0.5, 0.6) is 5.75 Å². The largest absolute Gasteiger partial charge is 0.497 e. The third-order valence-corrected chi connectivity index (χ3v) is 3.33. The van der Waals surface area contributed by atoms with Crippen molar-refractivity contribution >= 4 is 11.8 Å². The van der Waals surface area contributed by atoms with Gasteiger partial charge in [-0.15, -0.1) is 16.9 Å². The van der Waals surface area contributed by atoms with Crippen molar-refractivity contribution in [3.63, 3.8) is 0 Å². The zero-order valence-electron chi connectivity index (χ0n) is 8.04. The molecule has 0 bridgehead atoms. The van der Waals surface area contributed by atoms with Gasteiger partial charge in [0.15, 0.2) is 5.82 Å². The van der Waals surface area contributed by atoms with Gasteiger partial charge < -0.3 is 4.74 Å². The highest BCUT2D eigenvalue weighted by molar-refractivity contribution is 7.98. The highest BCUT2D eigenvalue weighted by Crippen LogP contribution is 2.35. The number of fused-ring (bicyclic) bond motifs is 3. The molecule has 2 aromatic rings. The van der Waals surface area contributed by atoms with Crippen molar-refractivity contribution in [1.29, 1.82) is 0 Å². The van der Waals surface area contributed by atoms with Gasteiger partial charge in [0.2, 0.25) is 0 Å². The van der Waals surface area contributed by atoms with Crippen LogP contribution in [0.25, 0.3) is 5.69 Å². The summed E-state index contributed by atoms with van der Waals surface area (Å²) < 4.78 is 6.94. The minimum Gasteiger partial charge on any atom is -0.497 e. The van der Waals surface area contributed by atoms with E-state index in [1.54, 1.807) is 23.6 Å². The smallest absolute Gasteiger partial charge is 0.166 e. The van der Waals surface area contributed by atoms with Crippen LogP contribution in [0.4, 0.5) is 0 Å². The lowest BCUT2D eigenvalue weighted by molar-refractivity contribution is 0.413. The Morgan fingerprint density at radius 2 is 2.40 bits per heavy atom. The predicted octanol–water partition coefficient (Wildman–Crippen LogP) is 1.28. The molecule has 0 unspecified atom stereocenters. The van der Waals surface area contributed by atoms with Gasteiger partial charge in [0.05, 0.1) is 18.6 Å². The molecule has 0 saturated heterocycles. The monoisotopic (exact) mass is 220 g/mol. The van der Waals surface area contributed by atoms with Gasteiger partial charge in [-0.3, -0.25) is 0 Å². The van der Waals surface area contributed by atoms with Gasteiger partial charge in [-0.05, 0) is 28.6 Å². The van der Waals surface area contributed by atoms with Crippen molar-refractivity contribution in [2.24, 2.45) is 0 Å². The van der Waals surface area contributed by atoms with E-state index in [2.05, 4.69) is 15.5 Å². The van der Waals surface area contributed by atoms with Crippen LogP contribution in [-0.2, 0) is 5.75 Å². The average molecular weight is 220 g/mol. The summed E-state index contributed by atoms with van der Waals surface area (Å²) in [6, 6.07) is 5.89. The lowest BCUT2D eigenvalue weighted by Gasteiger charge is -2.15. The summed E-state index contributed by atoms with van der Waals surface area (Å²) >= 11 is 1.72. The fourth-order valence-electron chi connectivity index (χ4n) is 1.54. The van der Waals surface area contributed by atoms with Crippen LogP contribution in [-0.4, -0.2) is 27.3 Å². The molecule has 15 heavy (non-hydrogen) atoms. The Morgan fingerprint density at radius 3 is 3.27 bits per heavy atom.